The van der Waals surface area contributed by atoms with Crippen molar-refractivity contribution in [2.75, 3.05) is 37.6 Å². The average Bonchev–Trinajstić information content (AvgIpc) is 2.83. The SMILES string of the molecule is C[C@H](NCC(=O)N1CCN(c2ccccn2)CC1)c1ccc(-c2ccccc2)cc1. The molecule has 5 nitrogen and oxygen atoms in total. The average molecular weight is 401 g/mol. The van der Waals surface area contributed by atoms with Gasteiger partial charge >= 0.3 is 0 Å². The van der Waals surface area contributed by atoms with Gasteiger partial charge in [0.2, 0.25) is 5.91 Å². The smallest absolute Gasteiger partial charge is 0.236 e. The Hall–Kier alpha value is -3.18. The van der Waals surface area contributed by atoms with Gasteiger partial charge in [0.25, 0.3) is 0 Å². The Morgan fingerprint density at radius 3 is 2.23 bits per heavy atom. The van der Waals surface area contributed by atoms with Crippen molar-refractivity contribution < 1.29 is 4.79 Å². The predicted octanol–water partition coefficient (Wildman–Crippen LogP) is 3.75. The van der Waals surface area contributed by atoms with Gasteiger partial charge < -0.3 is 15.1 Å². The van der Waals surface area contributed by atoms with Gasteiger partial charge in [0.15, 0.2) is 0 Å². The van der Waals surface area contributed by atoms with Gasteiger partial charge in [-0.25, -0.2) is 4.98 Å². The van der Waals surface area contributed by atoms with Crippen molar-refractivity contribution in [1.82, 2.24) is 15.2 Å². The van der Waals surface area contributed by atoms with Crippen molar-refractivity contribution in [3.8, 4) is 11.1 Å². The Bertz CT molecular complexity index is 936. The van der Waals surface area contributed by atoms with Crippen LogP contribution in [0.2, 0.25) is 0 Å². The van der Waals surface area contributed by atoms with Crippen molar-refractivity contribution in [2.45, 2.75) is 13.0 Å². The summed E-state index contributed by atoms with van der Waals surface area (Å²) in [6.45, 7) is 5.56. The van der Waals surface area contributed by atoms with E-state index in [0.717, 1.165) is 32.0 Å². The molecule has 1 N–H and O–H groups in total. The number of aromatic nitrogens is 1. The molecule has 0 aliphatic carbocycles. The van der Waals surface area contributed by atoms with Gasteiger partial charge in [-0.05, 0) is 35.7 Å². The Labute approximate surface area is 178 Å². The van der Waals surface area contributed by atoms with E-state index in [9.17, 15) is 4.79 Å². The monoisotopic (exact) mass is 400 g/mol. The maximum atomic E-state index is 12.6. The number of benzene rings is 2. The highest BCUT2D eigenvalue weighted by Gasteiger charge is 2.22. The molecule has 1 saturated heterocycles. The molecule has 1 fully saturated rings. The van der Waals surface area contributed by atoms with Crippen LogP contribution in [0, 0.1) is 0 Å². The second-order valence-corrected chi connectivity index (χ2v) is 7.65. The molecule has 2 heterocycles. The first-order valence-electron chi connectivity index (χ1n) is 10.5. The second kappa shape index (κ2) is 9.55. The number of nitrogens with one attached hydrogen (secondary N) is 1. The summed E-state index contributed by atoms with van der Waals surface area (Å²) < 4.78 is 0. The molecule has 0 unspecified atom stereocenters. The zero-order valence-corrected chi connectivity index (χ0v) is 17.4. The normalized spacial score (nSPS) is 15.1. The maximum Gasteiger partial charge on any atom is 0.236 e. The van der Waals surface area contributed by atoms with Crippen molar-refractivity contribution in [3.63, 3.8) is 0 Å². The Kier molecular flexibility index (Phi) is 6.40. The van der Waals surface area contributed by atoms with Gasteiger partial charge in [-0.3, -0.25) is 4.79 Å². The zero-order valence-electron chi connectivity index (χ0n) is 17.4. The fourth-order valence-corrected chi connectivity index (χ4v) is 3.79. The minimum atomic E-state index is 0.119. The largest absolute Gasteiger partial charge is 0.353 e. The third kappa shape index (κ3) is 4.86. The lowest BCUT2D eigenvalue weighted by Gasteiger charge is -2.35. The van der Waals surface area contributed by atoms with E-state index >= 15 is 0 Å². The minimum absolute atomic E-state index is 0.119. The van der Waals surface area contributed by atoms with Gasteiger partial charge in [0.05, 0.1) is 6.54 Å². The molecule has 4 rings (SSSR count). The molecule has 2 aromatic carbocycles. The molecular weight excluding hydrogens is 372 g/mol. The lowest BCUT2D eigenvalue weighted by atomic mass is 10.0. The predicted molar refractivity (Wildman–Crippen MR) is 121 cm³/mol. The summed E-state index contributed by atoms with van der Waals surface area (Å²) in [6.07, 6.45) is 1.81. The summed E-state index contributed by atoms with van der Waals surface area (Å²) in [5, 5.41) is 3.38. The second-order valence-electron chi connectivity index (χ2n) is 7.65. The highest BCUT2D eigenvalue weighted by molar-refractivity contribution is 5.78. The van der Waals surface area contributed by atoms with Crippen molar-refractivity contribution in [1.29, 1.82) is 0 Å². The highest BCUT2D eigenvalue weighted by atomic mass is 16.2. The van der Waals surface area contributed by atoms with E-state index in [1.807, 2.05) is 35.4 Å². The quantitative estimate of drug-likeness (QED) is 0.685. The van der Waals surface area contributed by atoms with Crippen LogP contribution >= 0.6 is 0 Å². The number of piperazine rings is 1. The van der Waals surface area contributed by atoms with Gasteiger partial charge in [0.1, 0.15) is 5.82 Å². The molecule has 1 aliphatic rings. The van der Waals surface area contributed by atoms with Crippen LogP contribution in [0.3, 0.4) is 0 Å². The van der Waals surface area contributed by atoms with E-state index in [1.54, 1.807) is 0 Å². The Morgan fingerprint density at radius 2 is 1.57 bits per heavy atom. The first-order valence-corrected chi connectivity index (χ1v) is 10.5. The first kappa shape index (κ1) is 20.1. The summed E-state index contributed by atoms with van der Waals surface area (Å²) in [7, 11) is 0. The standard InChI is InChI=1S/C25H28N4O/c1-20(21-10-12-23(13-11-21)22-7-3-2-4-8-22)27-19-25(30)29-17-15-28(16-18-29)24-9-5-6-14-26-24/h2-14,20,27H,15-19H2,1H3/t20-/m0/s1. The number of nitrogens with zero attached hydrogens (tertiary/aromatic N) is 3. The molecule has 30 heavy (non-hydrogen) atoms. The van der Waals surface area contributed by atoms with Crippen LogP contribution in [-0.2, 0) is 4.79 Å². The fourth-order valence-electron chi connectivity index (χ4n) is 3.79. The first-order chi connectivity index (χ1) is 14.7. The number of carbonyl (C=O) groups is 1. The van der Waals surface area contributed by atoms with Gasteiger partial charge in [-0.2, -0.15) is 0 Å². The van der Waals surface area contributed by atoms with E-state index < -0.39 is 0 Å². The molecule has 0 radical (unpaired) electrons. The van der Waals surface area contributed by atoms with Crippen LogP contribution in [0.5, 0.6) is 0 Å². The number of hydrogen-bond donors (Lipinski definition) is 1. The lowest BCUT2D eigenvalue weighted by Crippen LogP contribution is -2.51. The van der Waals surface area contributed by atoms with E-state index in [4.69, 9.17) is 0 Å². The van der Waals surface area contributed by atoms with E-state index in [1.165, 1.54) is 16.7 Å². The number of pyridine rings is 1. The number of anilines is 1. The molecule has 5 heteroatoms. The van der Waals surface area contributed by atoms with Crippen LogP contribution < -0.4 is 10.2 Å². The lowest BCUT2D eigenvalue weighted by molar-refractivity contribution is -0.130. The van der Waals surface area contributed by atoms with Crippen LogP contribution in [0.15, 0.2) is 79.0 Å². The third-order valence-corrected chi connectivity index (χ3v) is 5.68. The molecule has 3 aromatic rings. The summed E-state index contributed by atoms with van der Waals surface area (Å²) in [5.41, 5.74) is 3.60. The number of carbonyl (C=O) groups excluding carboxylic acids is 1. The topological polar surface area (TPSA) is 48.5 Å². The van der Waals surface area contributed by atoms with Crippen LogP contribution in [-0.4, -0.2) is 48.5 Å². The van der Waals surface area contributed by atoms with Crippen molar-refractivity contribution in [3.05, 3.63) is 84.6 Å². The molecule has 1 amide bonds. The number of rotatable bonds is 6. The molecular formula is C25H28N4O. The third-order valence-electron chi connectivity index (χ3n) is 5.68. The zero-order chi connectivity index (χ0) is 20.8. The molecule has 0 bridgehead atoms. The molecule has 0 saturated carbocycles. The number of amides is 1. The van der Waals surface area contributed by atoms with E-state index in [0.29, 0.717) is 6.54 Å². The molecule has 1 atom stereocenters. The Balaban J connectivity index is 1.26. The summed E-state index contributed by atoms with van der Waals surface area (Å²) >= 11 is 0. The summed E-state index contributed by atoms with van der Waals surface area (Å²) in [6, 6.07) is 25.0. The van der Waals surface area contributed by atoms with Gasteiger partial charge in [-0.15, -0.1) is 0 Å². The van der Waals surface area contributed by atoms with Crippen molar-refractivity contribution in [2.24, 2.45) is 0 Å². The molecule has 154 valence electrons. The van der Waals surface area contributed by atoms with Crippen LogP contribution in [0.1, 0.15) is 18.5 Å². The van der Waals surface area contributed by atoms with Gasteiger partial charge in [0, 0.05) is 38.4 Å². The molecule has 1 aromatic heterocycles. The Morgan fingerprint density at radius 1 is 0.900 bits per heavy atom. The van der Waals surface area contributed by atoms with Crippen LogP contribution in [0.4, 0.5) is 5.82 Å². The van der Waals surface area contributed by atoms with E-state index in [-0.39, 0.29) is 11.9 Å². The minimum Gasteiger partial charge on any atom is -0.353 e. The molecule has 1 aliphatic heterocycles. The van der Waals surface area contributed by atoms with Crippen molar-refractivity contribution >= 4 is 11.7 Å². The summed E-state index contributed by atoms with van der Waals surface area (Å²) in [5.74, 6) is 1.14. The van der Waals surface area contributed by atoms with Gasteiger partial charge in [-0.1, -0.05) is 60.7 Å². The number of hydrogen-bond acceptors (Lipinski definition) is 4. The van der Waals surface area contributed by atoms with E-state index in [2.05, 4.69) is 70.7 Å². The molecule has 0 spiro atoms. The highest BCUT2D eigenvalue weighted by Crippen LogP contribution is 2.21. The van der Waals surface area contributed by atoms with Crippen LogP contribution in [0.25, 0.3) is 11.1 Å². The fraction of sp³-hybridized carbons (Fsp3) is 0.280. The summed E-state index contributed by atoms with van der Waals surface area (Å²) in [4.78, 5) is 21.2. The maximum absolute atomic E-state index is 12.6.